The van der Waals surface area contributed by atoms with E-state index in [0.29, 0.717) is 0 Å². The Morgan fingerprint density at radius 2 is 0.667 bits per heavy atom. The van der Waals surface area contributed by atoms with Crippen LogP contribution in [0.5, 0.6) is 0 Å². The summed E-state index contributed by atoms with van der Waals surface area (Å²) in [5.41, 5.74) is 35.4. The van der Waals surface area contributed by atoms with Crippen molar-refractivity contribution in [3.63, 3.8) is 0 Å². The van der Waals surface area contributed by atoms with E-state index < -0.39 is 10.8 Å². The van der Waals surface area contributed by atoms with Crippen molar-refractivity contribution in [2.45, 2.75) is 203 Å². The van der Waals surface area contributed by atoms with Crippen molar-refractivity contribution in [1.82, 2.24) is 4.57 Å². The van der Waals surface area contributed by atoms with Crippen LogP contribution in [0, 0.1) is 0 Å². The number of rotatable bonds is 32. The van der Waals surface area contributed by atoms with Gasteiger partial charge >= 0.3 is 0 Å². The molecule has 0 saturated heterocycles. The van der Waals surface area contributed by atoms with Crippen LogP contribution in [0.4, 0.5) is 17.1 Å². The Balaban J connectivity index is 0.838. The van der Waals surface area contributed by atoms with Crippen LogP contribution in [-0.4, -0.2) is 4.57 Å². The molecule has 4 nitrogen and oxygen atoms in total. The molecule has 3 heterocycles. The van der Waals surface area contributed by atoms with Gasteiger partial charge in [-0.15, -0.1) is 0 Å². The minimum Gasteiger partial charge on any atom is -0.456 e. The number of furan rings is 2. The largest absolute Gasteiger partial charge is 0.456 e. The SMILES string of the molecule is CCCCCCCC1(CCCCCCC)c2cc(N(c3ccc4c(c3)C(c3ccccc3)(c3ccccc3)c3cc5c(cc3-4)C(c3ccccc3)(c3ccccc3)c3ccc4oc6ccccc6c4c3-5)c3ccc4c(c3)c3ccccc3n4-c3ccccc3)ccc2-c2c1c1c(c3c2oc2ccccc23)-c2ccccc2C1(CCCCCCC)CCCCCCC. The van der Waals surface area contributed by atoms with Crippen LogP contribution in [0.15, 0.2) is 336 Å². The van der Waals surface area contributed by atoms with E-state index >= 15 is 0 Å². The van der Waals surface area contributed by atoms with Crippen molar-refractivity contribution in [1.29, 1.82) is 0 Å². The van der Waals surface area contributed by atoms with Crippen molar-refractivity contribution < 1.29 is 8.83 Å². The number of nitrogens with zero attached hydrogens (tertiary/aromatic N) is 2. The highest BCUT2D eigenvalue weighted by atomic mass is 16.3. The Morgan fingerprint density at radius 3 is 1.25 bits per heavy atom. The molecule has 15 aromatic carbocycles. The van der Waals surface area contributed by atoms with Crippen LogP contribution >= 0.6 is 0 Å². The third-order valence-electron chi connectivity index (χ3n) is 30.3. The van der Waals surface area contributed by atoms with E-state index in [-0.39, 0.29) is 10.8 Å². The summed E-state index contributed by atoms with van der Waals surface area (Å²) in [7, 11) is 0. The number of benzene rings is 15. The van der Waals surface area contributed by atoms with Crippen LogP contribution in [0.2, 0.25) is 0 Å². The van der Waals surface area contributed by atoms with Gasteiger partial charge in [0.2, 0.25) is 0 Å². The molecule has 4 heteroatoms. The molecule has 0 spiro atoms. The molecular weight excluding hydrogens is 1530 g/mol. The summed E-state index contributed by atoms with van der Waals surface area (Å²) in [5, 5.41) is 7.27. The van der Waals surface area contributed by atoms with Crippen molar-refractivity contribution in [2.24, 2.45) is 0 Å². The summed E-state index contributed by atoms with van der Waals surface area (Å²) in [5.74, 6) is 0. The normalized spacial score (nSPS) is 14.4. The zero-order chi connectivity index (χ0) is 84.5. The maximum absolute atomic E-state index is 7.82. The number of fused-ring (bicyclic) bond motifs is 25. The van der Waals surface area contributed by atoms with Gasteiger partial charge in [0.15, 0.2) is 0 Å². The van der Waals surface area contributed by atoms with Gasteiger partial charge in [-0.05, 0) is 222 Å². The van der Waals surface area contributed by atoms with Crippen molar-refractivity contribution in [3.8, 4) is 50.2 Å². The first-order valence-corrected chi connectivity index (χ1v) is 48.0. The molecule has 126 heavy (non-hydrogen) atoms. The summed E-state index contributed by atoms with van der Waals surface area (Å²) in [6, 6.07) is 127. The van der Waals surface area contributed by atoms with Gasteiger partial charge < -0.3 is 18.3 Å². The highest BCUT2D eigenvalue weighted by Crippen LogP contribution is 2.70. The lowest BCUT2D eigenvalue weighted by Gasteiger charge is -2.40. The molecule has 0 aliphatic heterocycles. The fourth-order valence-electron chi connectivity index (χ4n) is 24.8. The summed E-state index contributed by atoms with van der Waals surface area (Å²) < 4.78 is 17.3. The van der Waals surface area contributed by atoms with Crippen molar-refractivity contribution >= 4 is 82.7 Å². The maximum Gasteiger partial charge on any atom is 0.144 e. The van der Waals surface area contributed by atoms with Gasteiger partial charge in [0, 0.05) is 71.5 Å². The lowest BCUT2D eigenvalue weighted by Crippen LogP contribution is -2.33. The van der Waals surface area contributed by atoms with E-state index in [0.717, 1.165) is 94.4 Å². The lowest BCUT2D eigenvalue weighted by molar-refractivity contribution is 0.369. The lowest BCUT2D eigenvalue weighted by atomic mass is 9.62. The van der Waals surface area contributed by atoms with E-state index in [2.05, 4.69) is 365 Å². The van der Waals surface area contributed by atoms with Crippen LogP contribution in [0.25, 0.3) is 116 Å². The van der Waals surface area contributed by atoms with E-state index in [4.69, 9.17) is 8.83 Å². The van der Waals surface area contributed by atoms with Gasteiger partial charge in [0.1, 0.15) is 22.3 Å². The number of para-hydroxylation sites is 4. The Hall–Kier alpha value is -12.5. The second-order valence-electron chi connectivity index (χ2n) is 37.2. The standard InChI is InChI=1S/C122H114N2O2/c1-5-9-13-17-44-74-119(75-45-18-14-10-6-2)100-62-40-36-59-93(100)113-114-96-61-39-43-65-109(96)126-118(114)115-94-70-67-89(79-102(94)120(117(115)116(113)119,76-46-19-15-11-7-3)77-47-20-16-12-8-4)123(88-68-72-107-98(78-88)92-58-37-41-63-106(92)124(107)87-56-34-25-35-57-87)90-66-69-91-97-81-105-99(82-104(97)122(103(91)80-90,85-52-30-23-31-53-85)86-54-32-24-33-55-86)111-101(71-73-110-112(111)95-60-38-42-64-108(95)125-110)121(105,83-48-26-21-27-49-83)84-50-28-22-29-51-84/h21-43,48-73,78-82H,5-20,44-47,74-77H2,1-4H3. The number of unbranched alkanes of at least 4 members (excludes halogenated alkanes) is 16. The van der Waals surface area contributed by atoms with E-state index in [1.54, 1.807) is 16.7 Å². The minimum atomic E-state index is -0.826. The molecule has 22 rings (SSSR count). The molecule has 0 fully saturated rings. The fourth-order valence-corrected chi connectivity index (χ4v) is 24.8. The average Bonchev–Trinajstić information content (AvgIpc) is 1.51. The van der Waals surface area contributed by atoms with E-state index in [1.807, 2.05) is 0 Å². The van der Waals surface area contributed by atoms with Gasteiger partial charge in [-0.25, -0.2) is 0 Å². The second-order valence-corrected chi connectivity index (χ2v) is 37.2. The average molecular weight is 1640 g/mol. The molecule has 4 aliphatic rings. The Kier molecular flexibility index (Phi) is 20.9. The summed E-state index contributed by atoms with van der Waals surface area (Å²) in [6.07, 6.45) is 29.0. The molecule has 18 aromatic rings. The Morgan fingerprint density at radius 1 is 0.254 bits per heavy atom. The van der Waals surface area contributed by atoms with Crippen LogP contribution in [0.3, 0.4) is 0 Å². The molecule has 0 N–H and O–H groups in total. The maximum atomic E-state index is 7.82. The molecule has 3 aromatic heterocycles. The molecule has 624 valence electrons. The molecule has 0 saturated carbocycles. The molecule has 0 unspecified atom stereocenters. The first kappa shape index (κ1) is 79.4. The molecule has 0 amide bonds. The quantitative estimate of drug-likeness (QED) is 0.0394. The zero-order valence-corrected chi connectivity index (χ0v) is 73.9. The van der Waals surface area contributed by atoms with Crippen LogP contribution in [0.1, 0.15) is 249 Å². The summed E-state index contributed by atoms with van der Waals surface area (Å²) in [6.45, 7) is 9.51. The number of hydrogen-bond donors (Lipinski definition) is 0. The van der Waals surface area contributed by atoms with Gasteiger partial charge in [-0.1, -0.05) is 393 Å². The zero-order valence-electron chi connectivity index (χ0n) is 73.9. The Labute approximate surface area is 744 Å². The highest BCUT2D eigenvalue weighted by Gasteiger charge is 2.56. The molecule has 0 atom stereocenters. The fraction of sp³-hybridized carbons (Fsp3) is 0.262. The molecule has 4 aliphatic carbocycles. The number of anilines is 3. The van der Waals surface area contributed by atoms with Gasteiger partial charge in [0.25, 0.3) is 0 Å². The number of aromatic nitrogens is 1. The molecule has 0 radical (unpaired) electrons. The number of hydrogen-bond acceptors (Lipinski definition) is 3. The van der Waals surface area contributed by atoms with Crippen LogP contribution in [-0.2, 0) is 21.7 Å². The van der Waals surface area contributed by atoms with Crippen molar-refractivity contribution in [2.75, 3.05) is 4.90 Å². The topological polar surface area (TPSA) is 34.5 Å². The first-order chi connectivity index (χ1) is 62.4. The smallest absolute Gasteiger partial charge is 0.144 e. The minimum absolute atomic E-state index is 0.206. The Bertz CT molecular complexity index is 6990. The van der Waals surface area contributed by atoms with E-state index in [9.17, 15) is 0 Å². The second kappa shape index (κ2) is 33.1. The molecule has 0 bridgehead atoms. The van der Waals surface area contributed by atoms with Gasteiger partial charge in [0.05, 0.1) is 21.9 Å². The molecular formula is C122H114N2O2. The first-order valence-electron chi connectivity index (χ1n) is 48.0. The van der Waals surface area contributed by atoms with E-state index in [1.165, 1.54) is 243 Å². The van der Waals surface area contributed by atoms with Crippen LogP contribution < -0.4 is 4.90 Å². The summed E-state index contributed by atoms with van der Waals surface area (Å²) in [4.78, 5) is 2.70. The highest BCUT2D eigenvalue weighted by molar-refractivity contribution is 6.22. The monoisotopic (exact) mass is 1640 g/mol. The summed E-state index contributed by atoms with van der Waals surface area (Å²) >= 11 is 0. The van der Waals surface area contributed by atoms with Crippen molar-refractivity contribution in [3.05, 3.63) is 394 Å². The van der Waals surface area contributed by atoms with Gasteiger partial charge in [-0.3, -0.25) is 0 Å². The van der Waals surface area contributed by atoms with Gasteiger partial charge in [-0.2, -0.15) is 0 Å². The third kappa shape index (κ3) is 12.4. The third-order valence-corrected chi connectivity index (χ3v) is 30.3. The predicted molar refractivity (Wildman–Crippen MR) is 531 cm³/mol. The predicted octanol–water partition coefficient (Wildman–Crippen LogP) is 34.8.